The molecule has 0 saturated heterocycles. The number of nitrogens with zero attached hydrogens (tertiary/aromatic N) is 3. The number of ketones is 1. The Morgan fingerprint density at radius 3 is 1.72 bits per heavy atom. The molecule has 0 bridgehead atoms. The highest BCUT2D eigenvalue weighted by Crippen LogP contribution is 2.32. The maximum absolute atomic E-state index is 13.5. The first-order valence-corrected chi connectivity index (χ1v) is 13.5. The minimum atomic E-state index is -1.32. The fourth-order valence-electron chi connectivity index (χ4n) is 4.75. The highest BCUT2D eigenvalue weighted by atomic mass is 16.6. The Kier molecular flexibility index (Phi) is 7.48. The molecule has 8 heteroatoms. The fourth-order valence-corrected chi connectivity index (χ4v) is 4.75. The summed E-state index contributed by atoms with van der Waals surface area (Å²) < 4.78 is 5.79. The third-order valence-electron chi connectivity index (χ3n) is 6.92. The van der Waals surface area contributed by atoms with Gasteiger partial charge in [-0.3, -0.25) is 14.9 Å². The minimum Gasteiger partial charge on any atom is -0.445 e. The lowest BCUT2D eigenvalue weighted by molar-refractivity contribution is -0.384. The van der Waals surface area contributed by atoms with Crippen molar-refractivity contribution in [1.29, 1.82) is 0 Å². The van der Waals surface area contributed by atoms with Gasteiger partial charge in [-0.1, -0.05) is 91.0 Å². The van der Waals surface area contributed by atoms with E-state index in [0.29, 0.717) is 33.5 Å². The number of hydrogen-bond donors (Lipinski definition) is 0. The maximum atomic E-state index is 13.5. The molecule has 0 aliphatic heterocycles. The van der Waals surface area contributed by atoms with Crippen LogP contribution in [0.4, 0.5) is 5.69 Å². The third kappa shape index (κ3) is 5.75. The smallest absolute Gasteiger partial charge is 0.339 e. The topological polar surface area (TPSA) is 112 Å². The molecule has 0 aliphatic rings. The van der Waals surface area contributed by atoms with Crippen LogP contribution in [-0.4, -0.2) is 26.6 Å². The average molecular weight is 566 g/mol. The lowest BCUT2D eigenvalue weighted by Crippen LogP contribution is -2.20. The molecule has 208 valence electrons. The predicted octanol–water partition coefficient (Wildman–Crippen LogP) is 7.65. The predicted molar refractivity (Wildman–Crippen MR) is 162 cm³/mol. The molecule has 8 nitrogen and oxygen atoms in total. The van der Waals surface area contributed by atoms with E-state index in [1.165, 1.54) is 24.3 Å². The molecule has 1 atom stereocenters. The van der Waals surface area contributed by atoms with Crippen molar-refractivity contribution in [3.63, 3.8) is 0 Å². The monoisotopic (exact) mass is 565 g/mol. The number of rotatable bonds is 8. The molecule has 6 rings (SSSR count). The molecule has 0 aliphatic carbocycles. The number of nitro groups is 1. The van der Waals surface area contributed by atoms with Crippen LogP contribution < -0.4 is 0 Å². The number of Topliss-reactive ketones (excluding diaryl/α,β-unsaturated/α-hetero) is 1. The van der Waals surface area contributed by atoms with Crippen molar-refractivity contribution >= 4 is 28.5 Å². The van der Waals surface area contributed by atoms with Gasteiger partial charge < -0.3 is 4.74 Å². The number of ether oxygens (including phenoxy) is 1. The first-order chi connectivity index (χ1) is 21.0. The van der Waals surface area contributed by atoms with E-state index in [1.807, 2.05) is 60.7 Å². The Labute approximate surface area is 246 Å². The highest BCUT2D eigenvalue weighted by molar-refractivity contribution is 6.02. The number of carbonyl (C=O) groups excluding carboxylic acids is 2. The van der Waals surface area contributed by atoms with Crippen LogP contribution in [0.5, 0.6) is 0 Å². The number of hydrogen-bond acceptors (Lipinski definition) is 7. The van der Waals surface area contributed by atoms with E-state index in [0.717, 1.165) is 11.1 Å². The Bertz CT molecular complexity index is 1950. The van der Waals surface area contributed by atoms with Gasteiger partial charge in [0.1, 0.15) is 0 Å². The SMILES string of the molecule is O=C(O[C@H](C(=O)c1ccccc1)c1ccc([N+](=O)[O-])cc1)c1ccc2nc(-c3ccccc3)c(-c3ccccc3)nc2c1. The number of fused-ring (bicyclic) bond motifs is 1. The standard InChI is InChI=1S/C35H23N3O5/c39-33(25-14-8-3-9-15-25)34(26-16-19-28(20-17-26)38(41)42)43-35(40)27-18-21-29-30(22-27)37-32(24-12-6-2-7-13-24)31(36-29)23-10-4-1-5-11-23/h1-22,34H/t34-/m0/s1. The molecule has 43 heavy (non-hydrogen) atoms. The molecule has 1 aromatic heterocycles. The van der Waals surface area contributed by atoms with Gasteiger partial charge in [-0.2, -0.15) is 0 Å². The van der Waals surface area contributed by atoms with Gasteiger partial charge in [0.05, 0.1) is 32.9 Å². The maximum Gasteiger partial charge on any atom is 0.339 e. The van der Waals surface area contributed by atoms with Gasteiger partial charge in [-0.25, -0.2) is 14.8 Å². The van der Waals surface area contributed by atoms with Crippen molar-refractivity contribution in [1.82, 2.24) is 9.97 Å². The first kappa shape index (κ1) is 27.2. The van der Waals surface area contributed by atoms with E-state index in [9.17, 15) is 19.7 Å². The average Bonchev–Trinajstić information content (AvgIpc) is 3.07. The van der Waals surface area contributed by atoms with E-state index in [1.54, 1.807) is 48.5 Å². The summed E-state index contributed by atoms with van der Waals surface area (Å²) in [4.78, 5) is 47.4. The van der Waals surface area contributed by atoms with Crippen molar-refractivity contribution in [2.75, 3.05) is 0 Å². The summed E-state index contributed by atoms with van der Waals surface area (Å²) in [6.45, 7) is 0. The number of non-ortho nitro benzene ring substituents is 1. The van der Waals surface area contributed by atoms with Gasteiger partial charge in [0.2, 0.25) is 5.78 Å². The largest absolute Gasteiger partial charge is 0.445 e. The second kappa shape index (κ2) is 11.8. The van der Waals surface area contributed by atoms with Crippen LogP contribution in [0.25, 0.3) is 33.5 Å². The van der Waals surface area contributed by atoms with E-state index in [4.69, 9.17) is 14.7 Å². The Balaban J connectivity index is 1.38. The van der Waals surface area contributed by atoms with Crippen LogP contribution in [0, 0.1) is 10.1 Å². The van der Waals surface area contributed by atoms with E-state index in [-0.39, 0.29) is 11.3 Å². The van der Waals surface area contributed by atoms with Crippen LogP contribution in [0.2, 0.25) is 0 Å². The van der Waals surface area contributed by atoms with Gasteiger partial charge in [-0.15, -0.1) is 0 Å². The zero-order valence-corrected chi connectivity index (χ0v) is 22.7. The van der Waals surface area contributed by atoms with Crippen LogP contribution in [-0.2, 0) is 4.74 Å². The van der Waals surface area contributed by atoms with Crippen LogP contribution >= 0.6 is 0 Å². The molecule has 0 radical (unpaired) electrons. The number of nitro benzene ring substituents is 1. The Morgan fingerprint density at radius 1 is 0.628 bits per heavy atom. The summed E-state index contributed by atoms with van der Waals surface area (Å²) in [6, 6.07) is 38.1. The lowest BCUT2D eigenvalue weighted by Gasteiger charge is -2.18. The molecule has 1 heterocycles. The number of aromatic nitrogens is 2. The van der Waals surface area contributed by atoms with Crippen molar-refractivity contribution < 1.29 is 19.2 Å². The quantitative estimate of drug-likeness (QED) is 0.0806. The van der Waals surface area contributed by atoms with Crippen LogP contribution in [0.1, 0.15) is 32.4 Å². The van der Waals surface area contributed by atoms with Crippen molar-refractivity contribution in [2.45, 2.75) is 6.10 Å². The molecule has 0 unspecified atom stereocenters. The Hall–Kier alpha value is -6.02. The second-order valence-corrected chi connectivity index (χ2v) is 9.72. The molecular formula is C35H23N3O5. The fraction of sp³-hybridized carbons (Fsp3) is 0.0286. The molecule has 5 aromatic carbocycles. The zero-order valence-electron chi connectivity index (χ0n) is 22.7. The molecule has 0 spiro atoms. The summed E-state index contributed by atoms with van der Waals surface area (Å²) in [7, 11) is 0. The number of carbonyl (C=O) groups is 2. The summed E-state index contributed by atoms with van der Waals surface area (Å²) in [5.41, 5.74) is 4.90. The van der Waals surface area contributed by atoms with E-state index < -0.39 is 22.8 Å². The summed E-state index contributed by atoms with van der Waals surface area (Å²) in [6.07, 6.45) is -1.32. The van der Waals surface area contributed by atoms with Crippen molar-refractivity contribution in [2.24, 2.45) is 0 Å². The van der Waals surface area contributed by atoms with E-state index in [2.05, 4.69) is 0 Å². The lowest BCUT2D eigenvalue weighted by atomic mass is 9.99. The minimum absolute atomic E-state index is 0.141. The van der Waals surface area contributed by atoms with E-state index >= 15 is 0 Å². The number of benzene rings is 5. The van der Waals surface area contributed by atoms with Crippen molar-refractivity contribution in [3.8, 4) is 22.5 Å². The van der Waals surface area contributed by atoms with Crippen LogP contribution in [0.15, 0.2) is 133 Å². The molecule has 0 amide bonds. The first-order valence-electron chi connectivity index (χ1n) is 13.5. The van der Waals surface area contributed by atoms with Gasteiger partial charge in [-0.05, 0) is 30.3 Å². The third-order valence-corrected chi connectivity index (χ3v) is 6.92. The summed E-state index contributed by atoms with van der Waals surface area (Å²) in [5, 5.41) is 11.2. The van der Waals surface area contributed by atoms with Gasteiger partial charge in [0.15, 0.2) is 6.10 Å². The van der Waals surface area contributed by atoms with Gasteiger partial charge in [0.25, 0.3) is 5.69 Å². The molecular weight excluding hydrogens is 542 g/mol. The highest BCUT2D eigenvalue weighted by Gasteiger charge is 2.28. The molecule has 6 aromatic rings. The normalized spacial score (nSPS) is 11.5. The van der Waals surface area contributed by atoms with Gasteiger partial charge >= 0.3 is 5.97 Å². The second-order valence-electron chi connectivity index (χ2n) is 9.72. The summed E-state index contributed by atoms with van der Waals surface area (Å²) >= 11 is 0. The molecule has 0 saturated carbocycles. The number of esters is 1. The zero-order chi connectivity index (χ0) is 29.8. The molecule has 0 fully saturated rings. The summed E-state index contributed by atoms with van der Waals surface area (Å²) in [5.74, 6) is -1.20. The molecule has 0 N–H and O–H groups in total. The van der Waals surface area contributed by atoms with Crippen LogP contribution in [0.3, 0.4) is 0 Å². The van der Waals surface area contributed by atoms with Gasteiger partial charge in [0, 0.05) is 34.4 Å². The Morgan fingerprint density at radius 2 is 1.16 bits per heavy atom. The van der Waals surface area contributed by atoms with Crippen molar-refractivity contribution in [3.05, 3.63) is 160 Å².